The molecule has 1 amide bonds. The van der Waals surface area contributed by atoms with Gasteiger partial charge in [0.25, 0.3) is 5.78 Å². The van der Waals surface area contributed by atoms with Gasteiger partial charge in [-0.25, -0.2) is 4.79 Å². The molecule has 0 aliphatic heterocycles. The molecule has 0 aliphatic rings. The summed E-state index contributed by atoms with van der Waals surface area (Å²) in [5, 5.41) is 2.43. The second-order valence-corrected chi connectivity index (χ2v) is 3.93. The number of hydrogen-bond donors (Lipinski definition) is 1. The Kier molecular flexibility index (Phi) is 5.74. The monoisotopic (exact) mass is 225 g/mol. The number of ether oxygens (including phenoxy) is 1. The summed E-state index contributed by atoms with van der Waals surface area (Å²) in [7, 11) is 0. The Morgan fingerprint density at radius 1 is 1.44 bits per heavy atom. The standard InChI is InChI=1S/C10H15N3O3/c1-10(2,3)16-9(15)12-6-4-5-8(14)7-13-11/h4-5,7H,6H2,1-3H3,(H,12,15)/b5-4-. The van der Waals surface area contributed by atoms with Crippen molar-refractivity contribution in [3.63, 3.8) is 0 Å². The van der Waals surface area contributed by atoms with Gasteiger partial charge in [-0.2, -0.15) is 4.79 Å². The third kappa shape index (κ3) is 8.65. The lowest BCUT2D eigenvalue weighted by Crippen LogP contribution is -2.32. The van der Waals surface area contributed by atoms with Crippen molar-refractivity contribution in [1.29, 1.82) is 0 Å². The molecule has 0 aromatic heterocycles. The maximum absolute atomic E-state index is 11.1. The van der Waals surface area contributed by atoms with Crippen LogP contribution in [0.25, 0.3) is 5.53 Å². The van der Waals surface area contributed by atoms with Crippen LogP contribution < -0.4 is 5.32 Å². The highest BCUT2D eigenvalue weighted by Gasteiger charge is 2.14. The third-order valence-corrected chi connectivity index (χ3v) is 1.23. The van der Waals surface area contributed by atoms with Crippen LogP contribution in [0.2, 0.25) is 0 Å². The Bertz CT molecular complexity index is 336. The van der Waals surface area contributed by atoms with Gasteiger partial charge < -0.3 is 15.6 Å². The van der Waals surface area contributed by atoms with E-state index in [0.717, 1.165) is 6.21 Å². The third-order valence-electron chi connectivity index (χ3n) is 1.23. The Balaban J connectivity index is 3.87. The lowest BCUT2D eigenvalue weighted by atomic mass is 10.2. The highest BCUT2D eigenvalue weighted by molar-refractivity contribution is 6.30. The van der Waals surface area contributed by atoms with E-state index in [9.17, 15) is 9.59 Å². The van der Waals surface area contributed by atoms with Crippen LogP contribution in [0.4, 0.5) is 4.79 Å². The minimum absolute atomic E-state index is 0.167. The Labute approximate surface area is 93.9 Å². The lowest BCUT2D eigenvalue weighted by Gasteiger charge is -2.19. The van der Waals surface area contributed by atoms with Crippen molar-refractivity contribution in [2.75, 3.05) is 6.54 Å². The van der Waals surface area contributed by atoms with Crippen LogP contribution in [0, 0.1) is 0 Å². The average molecular weight is 225 g/mol. The maximum Gasteiger partial charge on any atom is 0.407 e. The molecule has 0 bridgehead atoms. The van der Waals surface area contributed by atoms with Gasteiger partial charge in [-0.3, -0.25) is 4.79 Å². The SMILES string of the molecule is CC(C)(C)OC(=O)NC/C=C\C(=O)C=[N+]=[N-]. The molecule has 0 fully saturated rings. The largest absolute Gasteiger partial charge is 0.444 e. The number of ketones is 1. The highest BCUT2D eigenvalue weighted by atomic mass is 16.6. The predicted molar refractivity (Wildman–Crippen MR) is 58.1 cm³/mol. The summed E-state index contributed by atoms with van der Waals surface area (Å²) in [6.45, 7) is 5.43. The van der Waals surface area contributed by atoms with E-state index in [0.29, 0.717) is 0 Å². The van der Waals surface area contributed by atoms with Crippen LogP contribution in [0.5, 0.6) is 0 Å². The molecule has 0 rings (SSSR count). The van der Waals surface area contributed by atoms with Crippen molar-refractivity contribution in [3.05, 3.63) is 17.7 Å². The maximum atomic E-state index is 11.1. The number of hydrogen-bond acceptors (Lipinski definition) is 3. The van der Waals surface area contributed by atoms with Crippen LogP contribution >= 0.6 is 0 Å². The second kappa shape index (κ2) is 6.53. The molecule has 0 aliphatic carbocycles. The molecule has 0 unspecified atom stereocenters. The normalized spacial score (nSPS) is 10.7. The first-order valence-corrected chi connectivity index (χ1v) is 4.70. The van der Waals surface area contributed by atoms with E-state index in [1.165, 1.54) is 12.2 Å². The van der Waals surface area contributed by atoms with E-state index < -0.39 is 17.5 Å². The molecule has 0 aromatic rings. The number of carbonyl (C=O) groups excluding carboxylic acids is 2. The van der Waals surface area contributed by atoms with E-state index in [1.807, 2.05) is 0 Å². The van der Waals surface area contributed by atoms with Crippen LogP contribution in [-0.2, 0) is 9.53 Å². The number of nitrogens with zero attached hydrogens (tertiary/aromatic N) is 2. The van der Waals surface area contributed by atoms with Crippen LogP contribution in [0.3, 0.4) is 0 Å². The first-order chi connectivity index (χ1) is 7.35. The van der Waals surface area contributed by atoms with Gasteiger partial charge in [-0.05, 0) is 26.8 Å². The smallest absolute Gasteiger partial charge is 0.407 e. The molecule has 0 saturated carbocycles. The van der Waals surface area contributed by atoms with Gasteiger partial charge in [-0.15, -0.1) is 0 Å². The van der Waals surface area contributed by atoms with Gasteiger partial charge in [-0.1, -0.05) is 6.08 Å². The van der Waals surface area contributed by atoms with Crippen LogP contribution in [-0.4, -0.2) is 35.0 Å². The molecule has 0 aromatic carbocycles. The lowest BCUT2D eigenvalue weighted by molar-refractivity contribution is -0.111. The molecule has 0 heterocycles. The van der Waals surface area contributed by atoms with E-state index >= 15 is 0 Å². The van der Waals surface area contributed by atoms with Crippen LogP contribution in [0.15, 0.2) is 12.2 Å². The number of allylic oxidation sites excluding steroid dienone is 1. The van der Waals surface area contributed by atoms with E-state index in [-0.39, 0.29) is 6.54 Å². The van der Waals surface area contributed by atoms with Crippen LogP contribution in [0.1, 0.15) is 20.8 Å². The molecule has 0 atom stereocenters. The zero-order valence-corrected chi connectivity index (χ0v) is 9.56. The van der Waals surface area contributed by atoms with Gasteiger partial charge in [0.1, 0.15) is 5.60 Å². The van der Waals surface area contributed by atoms with Crippen molar-refractivity contribution in [1.82, 2.24) is 5.32 Å². The van der Waals surface area contributed by atoms with Gasteiger partial charge >= 0.3 is 12.3 Å². The zero-order valence-electron chi connectivity index (χ0n) is 9.56. The quantitative estimate of drug-likeness (QED) is 0.334. The molecule has 6 heteroatoms. The molecule has 1 N–H and O–H groups in total. The Morgan fingerprint density at radius 3 is 2.56 bits per heavy atom. The summed E-state index contributed by atoms with van der Waals surface area (Å²) >= 11 is 0. The van der Waals surface area contributed by atoms with Gasteiger partial charge in [0.2, 0.25) is 0 Å². The summed E-state index contributed by atoms with van der Waals surface area (Å²) in [4.78, 5) is 24.4. The molecular formula is C10H15N3O3. The Hall–Kier alpha value is -1.94. The minimum atomic E-state index is -0.555. The number of carbonyl (C=O) groups is 2. The van der Waals surface area contributed by atoms with Gasteiger partial charge in [0.05, 0.1) is 0 Å². The molecule has 0 spiro atoms. The molecule has 0 saturated heterocycles. The fourth-order valence-electron chi connectivity index (χ4n) is 0.731. The number of nitrogens with one attached hydrogen (secondary N) is 1. The van der Waals surface area contributed by atoms with Crippen molar-refractivity contribution >= 4 is 18.1 Å². The number of rotatable bonds is 4. The summed E-state index contributed by atoms with van der Waals surface area (Å²) < 4.78 is 4.96. The zero-order chi connectivity index (χ0) is 12.6. The van der Waals surface area contributed by atoms with E-state index in [1.54, 1.807) is 20.8 Å². The number of amides is 1. The van der Waals surface area contributed by atoms with E-state index in [2.05, 4.69) is 10.1 Å². The van der Waals surface area contributed by atoms with Gasteiger partial charge in [0, 0.05) is 6.54 Å². The summed E-state index contributed by atoms with van der Waals surface area (Å²) in [5.41, 5.74) is 7.49. The number of alkyl carbamates (subject to hydrolysis) is 1. The fourth-order valence-corrected chi connectivity index (χ4v) is 0.731. The minimum Gasteiger partial charge on any atom is -0.444 e. The van der Waals surface area contributed by atoms with E-state index in [4.69, 9.17) is 10.3 Å². The summed E-state index contributed by atoms with van der Waals surface area (Å²) in [6.07, 6.45) is 2.80. The van der Waals surface area contributed by atoms with Crippen molar-refractivity contribution in [2.24, 2.45) is 0 Å². The second-order valence-electron chi connectivity index (χ2n) is 3.93. The summed E-state index contributed by atoms with van der Waals surface area (Å²) in [5.74, 6) is -0.464. The van der Waals surface area contributed by atoms with Crippen molar-refractivity contribution in [3.8, 4) is 0 Å². The first kappa shape index (κ1) is 14.1. The molecule has 6 nitrogen and oxygen atoms in total. The highest BCUT2D eigenvalue weighted by Crippen LogP contribution is 2.05. The molecule has 88 valence electrons. The molecule has 0 radical (unpaired) electrons. The predicted octanol–water partition coefficient (Wildman–Crippen LogP) is 0.937. The van der Waals surface area contributed by atoms with Crippen molar-refractivity contribution < 1.29 is 19.1 Å². The summed E-state index contributed by atoms with van der Waals surface area (Å²) in [6, 6.07) is 0. The van der Waals surface area contributed by atoms with Gasteiger partial charge in [0.15, 0.2) is 0 Å². The average Bonchev–Trinajstić information content (AvgIpc) is 2.10. The molecular weight excluding hydrogens is 210 g/mol. The Morgan fingerprint density at radius 2 is 2.06 bits per heavy atom. The fraction of sp³-hybridized carbons (Fsp3) is 0.500. The molecule has 16 heavy (non-hydrogen) atoms. The first-order valence-electron chi connectivity index (χ1n) is 4.70. The topological polar surface area (TPSA) is 91.8 Å². The van der Waals surface area contributed by atoms with Crippen molar-refractivity contribution in [2.45, 2.75) is 26.4 Å².